The van der Waals surface area contributed by atoms with E-state index in [9.17, 15) is 9.59 Å². The summed E-state index contributed by atoms with van der Waals surface area (Å²) in [5, 5.41) is 8.61. The van der Waals surface area contributed by atoms with E-state index in [1.54, 1.807) is 31.2 Å². The van der Waals surface area contributed by atoms with Gasteiger partial charge in [0.2, 0.25) is 0 Å². The first-order valence-electron chi connectivity index (χ1n) is 4.49. The van der Waals surface area contributed by atoms with E-state index in [-0.39, 0.29) is 17.0 Å². The number of Topliss-reactive ketones (excluding diaryl/α,β-unsaturated/α-hetero) is 1. The highest BCUT2D eigenvalue weighted by molar-refractivity contribution is 9.10. The van der Waals surface area contributed by atoms with Crippen molar-refractivity contribution in [3.05, 3.63) is 35.4 Å². The van der Waals surface area contributed by atoms with Gasteiger partial charge in [0, 0.05) is 5.56 Å². The van der Waals surface area contributed by atoms with Gasteiger partial charge in [-0.3, -0.25) is 9.59 Å². The fourth-order valence-electron chi connectivity index (χ4n) is 1.24. The first-order valence-corrected chi connectivity index (χ1v) is 5.41. The van der Waals surface area contributed by atoms with Crippen molar-refractivity contribution >= 4 is 27.7 Å². The summed E-state index contributed by atoms with van der Waals surface area (Å²) >= 11 is 3.19. The lowest BCUT2D eigenvalue weighted by atomic mass is 10.0. The highest BCUT2D eigenvalue weighted by atomic mass is 79.9. The van der Waals surface area contributed by atoms with Crippen molar-refractivity contribution in [3.8, 4) is 0 Å². The van der Waals surface area contributed by atoms with Crippen LogP contribution in [0, 0.1) is 0 Å². The number of carbonyl (C=O) groups is 2. The first kappa shape index (κ1) is 11.9. The van der Waals surface area contributed by atoms with E-state index in [4.69, 9.17) is 5.11 Å². The molecule has 0 saturated carbocycles. The standard InChI is InChI=1S/C11H11BrO3/c1-7(12)11(15)9-4-2-3-8(5-9)6-10(13)14/h2-5,7H,6H2,1H3,(H,13,14). The summed E-state index contributed by atoms with van der Waals surface area (Å²) in [6, 6.07) is 6.70. The van der Waals surface area contributed by atoms with Crippen molar-refractivity contribution in [1.29, 1.82) is 0 Å². The van der Waals surface area contributed by atoms with Gasteiger partial charge in [0.1, 0.15) is 0 Å². The lowest BCUT2D eigenvalue weighted by Gasteiger charge is -2.04. The smallest absolute Gasteiger partial charge is 0.307 e. The van der Waals surface area contributed by atoms with Crippen LogP contribution >= 0.6 is 15.9 Å². The molecule has 1 aromatic carbocycles. The van der Waals surface area contributed by atoms with Crippen LogP contribution in [0.2, 0.25) is 0 Å². The van der Waals surface area contributed by atoms with Crippen molar-refractivity contribution in [2.75, 3.05) is 0 Å². The predicted octanol–water partition coefficient (Wildman–Crippen LogP) is 2.28. The van der Waals surface area contributed by atoms with Crippen LogP contribution in [0.25, 0.3) is 0 Å². The number of carboxylic acids is 1. The number of ketones is 1. The van der Waals surface area contributed by atoms with Gasteiger partial charge in [-0.05, 0) is 18.6 Å². The Morgan fingerprint density at radius 2 is 2.13 bits per heavy atom. The molecular weight excluding hydrogens is 260 g/mol. The molecule has 80 valence electrons. The van der Waals surface area contributed by atoms with E-state index in [2.05, 4.69) is 15.9 Å². The molecule has 1 atom stereocenters. The van der Waals surface area contributed by atoms with Gasteiger partial charge >= 0.3 is 5.97 Å². The summed E-state index contributed by atoms with van der Waals surface area (Å²) in [4.78, 5) is 21.8. The van der Waals surface area contributed by atoms with E-state index >= 15 is 0 Å². The Morgan fingerprint density at radius 1 is 1.47 bits per heavy atom. The molecule has 0 bridgehead atoms. The average Bonchev–Trinajstić information content (AvgIpc) is 2.16. The van der Waals surface area contributed by atoms with Crippen LogP contribution in [-0.4, -0.2) is 21.7 Å². The summed E-state index contributed by atoms with van der Waals surface area (Å²) < 4.78 is 0. The monoisotopic (exact) mass is 270 g/mol. The Morgan fingerprint density at radius 3 is 2.67 bits per heavy atom. The number of alkyl halides is 1. The van der Waals surface area contributed by atoms with E-state index in [0.29, 0.717) is 11.1 Å². The quantitative estimate of drug-likeness (QED) is 0.675. The molecule has 0 fully saturated rings. The maximum atomic E-state index is 11.6. The first-order chi connectivity index (χ1) is 7.00. The van der Waals surface area contributed by atoms with E-state index in [1.807, 2.05) is 0 Å². The van der Waals surface area contributed by atoms with Crippen molar-refractivity contribution in [2.45, 2.75) is 18.2 Å². The molecule has 0 aliphatic rings. The fraction of sp³-hybridized carbons (Fsp3) is 0.273. The molecular formula is C11H11BrO3. The SMILES string of the molecule is CC(Br)C(=O)c1cccc(CC(=O)O)c1. The predicted molar refractivity (Wildman–Crippen MR) is 60.5 cm³/mol. The second-order valence-corrected chi connectivity index (χ2v) is 4.62. The summed E-state index contributed by atoms with van der Waals surface area (Å²) in [7, 11) is 0. The molecule has 0 spiro atoms. The van der Waals surface area contributed by atoms with Gasteiger partial charge in [-0.25, -0.2) is 0 Å². The maximum absolute atomic E-state index is 11.6. The summed E-state index contributed by atoms with van der Waals surface area (Å²) in [6.07, 6.45) is -0.0578. The minimum absolute atomic E-state index is 0.0396. The topological polar surface area (TPSA) is 54.4 Å². The second-order valence-electron chi connectivity index (χ2n) is 3.25. The largest absolute Gasteiger partial charge is 0.481 e. The molecule has 0 amide bonds. The highest BCUT2D eigenvalue weighted by Gasteiger charge is 2.12. The molecule has 1 N–H and O–H groups in total. The zero-order chi connectivity index (χ0) is 11.4. The van der Waals surface area contributed by atoms with Gasteiger partial charge in [0.15, 0.2) is 5.78 Å². The Bertz CT molecular complexity index is 385. The van der Waals surface area contributed by atoms with E-state index in [0.717, 1.165) is 0 Å². The van der Waals surface area contributed by atoms with Gasteiger partial charge in [0.25, 0.3) is 0 Å². The number of carbonyl (C=O) groups excluding carboxylic acids is 1. The van der Waals surface area contributed by atoms with Crippen LogP contribution in [0.15, 0.2) is 24.3 Å². The molecule has 0 heterocycles. The van der Waals surface area contributed by atoms with Crippen LogP contribution in [0.5, 0.6) is 0 Å². The summed E-state index contributed by atoms with van der Waals surface area (Å²) in [5.74, 6) is -0.936. The number of aliphatic carboxylic acids is 1. The van der Waals surface area contributed by atoms with Crippen LogP contribution in [-0.2, 0) is 11.2 Å². The van der Waals surface area contributed by atoms with Gasteiger partial charge in [0.05, 0.1) is 11.2 Å². The number of halogens is 1. The third-order valence-corrected chi connectivity index (χ3v) is 2.34. The lowest BCUT2D eigenvalue weighted by molar-refractivity contribution is -0.136. The molecule has 3 nitrogen and oxygen atoms in total. The second kappa shape index (κ2) is 5.07. The Balaban J connectivity index is 2.92. The minimum atomic E-state index is -0.897. The van der Waals surface area contributed by atoms with E-state index in [1.165, 1.54) is 0 Å². The zero-order valence-corrected chi connectivity index (χ0v) is 9.82. The Kier molecular flexibility index (Phi) is 4.03. The van der Waals surface area contributed by atoms with Crippen molar-refractivity contribution < 1.29 is 14.7 Å². The molecule has 0 radical (unpaired) electrons. The number of hydrogen-bond acceptors (Lipinski definition) is 2. The lowest BCUT2D eigenvalue weighted by Crippen LogP contribution is -2.10. The minimum Gasteiger partial charge on any atom is -0.481 e. The molecule has 1 aromatic rings. The molecule has 0 saturated heterocycles. The van der Waals surface area contributed by atoms with Gasteiger partial charge in [-0.2, -0.15) is 0 Å². The molecule has 0 aromatic heterocycles. The summed E-state index contributed by atoms with van der Waals surface area (Å²) in [6.45, 7) is 1.74. The highest BCUT2D eigenvalue weighted by Crippen LogP contribution is 2.12. The van der Waals surface area contributed by atoms with Crippen LogP contribution < -0.4 is 0 Å². The number of hydrogen-bond donors (Lipinski definition) is 1. The number of benzene rings is 1. The van der Waals surface area contributed by atoms with Crippen molar-refractivity contribution in [2.24, 2.45) is 0 Å². The molecule has 1 rings (SSSR count). The van der Waals surface area contributed by atoms with Gasteiger partial charge in [-0.15, -0.1) is 0 Å². The summed E-state index contributed by atoms with van der Waals surface area (Å²) in [5.41, 5.74) is 1.18. The molecule has 15 heavy (non-hydrogen) atoms. The van der Waals surface area contributed by atoms with Crippen LogP contribution in [0.3, 0.4) is 0 Å². The fourth-order valence-corrected chi connectivity index (χ4v) is 1.50. The van der Waals surface area contributed by atoms with Gasteiger partial charge < -0.3 is 5.11 Å². The van der Waals surface area contributed by atoms with E-state index < -0.39 is 5.97 Å². The molecule has 0 aliphatic carbocycles. The molecule has 1 unspecified atom stereocenters. The number of rotatable bonds is 4. The maximum Gasteiger partial charge on any atom is 0.307 e. The normalized spacial score (nSPS) is 12.1. The van der Waals surface area contributed by atoms with Crippen LogP contribution in [0.1, 0.15) is 22.8 Å². The Hall–Kier alpha value is -1.16. The third kappa shape index (κ3) is 3.47. The Labute approximate surface area is 96.2 Å². The van der Waals surface area contributed by atoms with Crippen molar-refractivity contribution in [3.63, 3.8) is 0 Å². The molecule has 0 aliphatic heterocycles. The van der Waals surface area contributed by atoms with Gasteiger partial charge in [-0.1, -0.05) is 34.1 Å². The average molecular weight is 271 g/mol. The van der Waals surface area contributed by atoms with Crippen LogP contribution in [0.4, 0.5) is 0 Å². The third-order valence-electron chi connectivity index (χ3n) is 1.93. The molecule has 4 heteroatoms. The zero-order valence-electron chi connectivity index (χ0n) is 8.24. The van der Waals surface area contributed by atoms with Crippen molar-refractivity contribution in [1.82, 2.24) is 0 Å². The number of carboxylic acid groups (broad SMARTS) is 1.